The average molecular weight is 505 g/mol. The van der Waals surface area contributed by atoms with E-state index in [2.05, 4.69) is 22.5 Å². The predicted octanol–water partition coefficient (Wildman–Crippen LogP) is 5.01. The van der Waals surface area contributed by atoms with Crippen LogP contribution in [0, 0.1) is 6.92 Å². The molecule has 186 valence electrons. The van der Waals surface area contributed by atoms with Gasteiger partial charge in [0.1, 0.15) is 17.1 Å². The van der Waals surface area contributed by atoms with Crippen LogP contribution < -0.4 is 20.9 Å². The number of ether oxygens (including phenoxy) is 1. The summed E-state index contributed by atoms with van der Waals surface area (Å²) >= 11 is 1.14. The first-order valence-electron chi connectivity index (χ1n) is 11.7. The summed E-state index contributed by atoms with van der Waals surface area (Å²) in [4.78, 5) is 43.9. The standard InChI is InChI=1S/C27H28N4O4S/c1-4-5-8-18-11-13-19(14-12-18)29-22(32)15-31-16-28-26-23(27(31)34)17(2)24(36-26)25(33)30-20-9-6-7-10-21(20)35-3/h6-7,9-14,16H,4-5,8,15H2,1-3H3,(H,29,32)(H,30,33). The molecule has 4 aromatic rings. The number of carbonyl (C=O) groups excluding carboxylic acids is 2. The van der Waals surface area contributed by atoms with Crippen molar-refractivity contribution in [2.45, 2.75) is 39.7 Å². The van der Waals surface area contributed by atoms with Gasteiger partial charge in [0.25, 0.3) is 11.5 Å². The fourth-order valence-corrected chi connectivity index (χ4v) is 4.94. The number of thiophene rings is 1. The summed E-state index contributed by atoms with van der Waals surface area (Å²) in [5, 5.41) is 5.99. The van der Waals surface area contributed by atoms with Crippen molar-refractivity contribution >= 4 is 44.7 Å². The second-order valence-electron chi connectivity index (χ2n) is 8.42. The Hall–Kier alpha value is -3.98. The van der Waals surface area contributed by atoms with E-state index in [9.17, 15) is 14.4 Å². The fourth-order valence-electron chi connectivity index (χ4n) is 3.91. The van der Waals surface area contributed by atoms with E-state index in [4.69, 9.17) is 4.74 Å². The molecule has 2 N–H and O–H groups in total. The molecule has 4 rings (SSSR count). The molecule has 0 aliphatic carbocycles. The number of rotatable bonds is 9. The van der Waals surface area contributed by atoms with Crippen LogP contribution in [0.3, 0.4) is 0 Å². The number of nitrogens with zero attached hydrogens (tertiary/aromatic N) is 2. The molecule has 0 bridgehead atoms. The smallest absolute Gasteiger partial charge is 0.266 e. The van der Waals surface area contributed by atoms with Crippen molar-refractivity contribution in [3.8, 4) is 5.75 Å². The van der Waals surface area contributed by atoms with Crippen molar-refractivity contribution in [2.24, 2.45) is 0 Å². The van der Waals surface area contributed by atoms with Crippen LogP contribution in [-0.4, -0.2) is 28.5 Å². The molecule has 0 spiro atoms. The van der Waals surface area contributed by atoms with E-state index in [-0.39, 0.29) is 23.9 Å². The molecule has 9 heteroatoms. The fraction of sp³-hybridized carbons (Fsp3) is 0.259. The normalized spacial score (nSPS) is 10.9. The number of hydrogen-bond donors (Lipinski definition) is 2. The third-order valence-electron chi connectivity index (χ3n) is 5.85. The number of amides is 2. The molecule has 0 aliphatic rings. The van der Waals surface area contributed by atoms with E-state index in [1.54, 1.807) is 25.1 Å². The quantitative estimate of drug-likeness (QED) is 0.334. The maximum absolute atomic E-state index is 13.2. The van der Waals surface area contributed by atoms with Crippen LogP contribution in [0.4, 0.5) is 11.4 Å². The van der Waals surface area contributed by atoms with Gasteiger partial charge in [-0.3, -0.25) is 19.0 Å². The molecule has 36 heavy (non-hydrogen) atoms. The van der Waals surface area contributed by atoms with Gasteiger partial charge in [0.05, 0.1) is 29.4 Å². The lowest BCUT2D eigenvalue weighted by molar-refractivity contribution is -0.116. The Kier molecular flexibility index (Phi) is 7.80. The van der Waals surface area contributed by atoms with Crippen LogP contribution in [0.25, 0.3) is 10.2 Å². The summed E-state index contributed by atoms with van der Waals surface area (Å²) in [5.74, 6) is -0.153. The Balaban J connectivity index is 1.51. The number of fused-ring (bicyclic) bond motifs is 1. The SMILES string of the molecule is CCCCc1ccc(NC(=O)Cn2cnc3sc(C(=O)Nc4ccccc4OC)c(C)c3c2=O)cc1. The van der Waals surface area contributed by atoms with E-state index in [1.807, 2.05) is 30.3 Å². The molecule has 0 unspecified atom stereocenters. The summed E-state index contributed by atoms with van der Waals surface area (Å²) in [6.07, 6.45) is 4.60. The van der Waals surface area contributed by atoms with Crippen LogP contribution in [0.15, 0.2) is 59.7 Å². The molecule has 2 heterocycles. The molecule has 0 aliphatic heterocycles. The highest BCUT2D eigenvalue weighted by molar-refractivity contribution is 7.20. The van der Waals surface area contributed by atoms with E-state index in [0.29, 0.717) is 37.8 Å². The Morgan fingerprint density at radius 3 is 2.56 bits per heavy atom. The molecular weight excluding hydrogens is 476 g/mol. The maximum Gasteiger partial charge on any atom is 0.266 e. The lowest BCUT2D eigenvalue weighted by atomic mass is 10.1. The molecular formula is C27H28N4O4S. The van der Waals surface area contributed by atoms with E-state index < -0.39 is 0 Å². The van der Waals surface area contributed by atoms with Crippen molar-refractivity contribution in [3.63, 3.8) is 0 Å². The maximum atomic E-state index is 13.2. The Labute approximate surface area is 212 Å². The predicted molar refractivity (Wildman–Crippen MR) is 143 cm³/mol. The van der Waals surface area contributed by atoms with Gasteiger partial charge in [-0.25, -0.2) is 4.98 Å². The molecule has 0 radical (unpaired) electrons. The number of anilines is 2. The van der Waals surface area contributed by atoms with E-state index in [1.165, 1.54) is 23.6 Å². The molecule has 2 aromatic carbocycles. The Morgan fingerprint density at radius 1 is 1.08 bits per heavy atom. The zero-order valence-corrected chi connectivity index (χ0v) is 21.3. The van der Waals surface area contributed by atoms with Gasteiger partial charge in [0.2, 0.25) is 5.91 Å². The molecule has 0 fully saturated rings. The number of benzene rings is 2. The van der Waals surface area contributed by atoms with Crippen LogP contribution in [-0.2, 0) is 17.8 Å². The second-order valence-corrected chi connectivity index (χ2v) is 9.42. The molecule has 2 amide bonds. The number of nitrogens with one attached hydrogen (secondary N) is 2. The highest BCUT2D eigenvalue weighted by Crippen LogP contribution is 2.29. The van der Waals surface area contributed by atoms with E-state index >= 15 is 0 Å². The molecule has 0 saturated carbocycles. The zero-order valence-electron chi connectivity index (χ0n) is 20.5. The van der Waals surface area contributed by atoms with Crippen molar-refractivity contribution in [2.75, 3.05) is 17.7 Å². The zero-order chi connectivity index (χ0) is 25.7. The lowest BCUT2D eigenvalue weighted by Gasteiger charge is -2.09. The number of hydrogen-bond acceptors (Lipinski definition) is 6. The molecule has 0 atom stereocenters. The van der Waals surface area contributed by atoms with Gasteiger partial charge < -0.3 is 15.4 Å². The van der Waals surface area contributed by atoms with Crippen LogP contribution in [0.2, 0.25) is 0 Å². The van der Waals surface area contributed by atoms with Gasteiger partial charge in [0, 0.05) is 5.69 Å². The third-order valence-corrected chi connectivity index (χ3v) is 7.05. The van der Waals surface area contributed by atoms with Crippen molar-refractivity contribution in [1.29, 1.82) is 0 Å². The van der Waals surface area contributed by atoms with Gasteiger partial charge >= 0.3 is 0 Å². The summed E-state index contributed by atoms with van der Waals surface area (Å²) in [5.41, 5.74) is 2.58. The number of aryl methyl sites for hydroxylation is 2. The number of methoxy groups -OCH3 is 1. The van der Waals surface area contributed by atoms with Gasteiger partial charge in [-0.05, 0) is 55.2 Å². The highest BCUT2D eigenvalue weighted by atomic mass is 32.1. The van der Waals surface area contributed by atoms with Crippen LogP contribution >= 0.6 is 11.3 Å². The topological polar surface area (TPSA) is 102 Å². The third kappa shape index (κ3) is 5.46. The van der Waals surface area contributed by atoms with Crippen molar-refractivity contribution in [3.05, 3.63) is 81.2 Å². The highest BCUT2D eigenvalue weighted by Gasteiger charge is 2.21. The van der Waals surface area contributed by atoms with Crippen molar-refractivity contribution < 1.29 is 14.3 Å². The minimum absolute atomic E-state index is 0.183. The largest absolute Gasteiger partial charge is 0.495 e. The summed E-state index contributed by atoms with van der Waals surface area (Å²) in [6.45, 7) is 3.68. The van der Waals surface area contributed by atoms with Crippen molar-refractivity contribution in [1.82, 2.24) is 9.55 Å². The second kappa shape index (κ2) is 11.2. The Morgan fingerprint density at radius 2 is 1.83 bits per heavy atom. The van der Waals surface area contributed by atoms with Gasteiger partial charge in [-0.15, -0.1) is 11.3 Å². The number of para-hydroxylation sites is 2. The monoisotopic (exact) mass is 504 g/mol. The number of aromatic nitrogens is 2. The number of unbranched alkanes of at least 4 members (excludes halogenated alkanes) is 1. The molecule has 2 aromatic heterocycles. The summed E-state index contributed by atoms with van der Waals surface area (Å²) in [7, 11) is 1.53. The summed E-state index contributed by atoms with van der Waals surface area (Å²) < 4.78 is 6.55. The lowest BCUT2D eigenvalue weighted by Crippen LogP contribution is -2.28. The minimum Gasteiger partial charge on any atom is -0.495 e. The van der Waals surface area contributed by atoms with Gasteiger partial charge in [0.15, 0.2) is 0 Å². The minimum atomic E-state index is -0.366. The first kappa shape index (κ1) is 25.1. The van der Waals surface area contributed by atoms with E-state index in [0.717, 1.165) is 30.6 Å². The number of carbonyl (C=O) groups is 2. The first-order chi connectivity index (χ1) is 17.4. The van der Waals surface area contributed by atoms with Gasteiger partial charge in [-0.1, -0.05) is 37.6 Å². The average Bonchev–Trinajstić information content (AvgIpc) is 3.22. The van der Waals surface area contributed by atoms with Crippen LogP contribution in [0.5, 0.6) is 5.75 Å². The van der Waals surface area contributed by atoms with Gasteiger partial charge in [-0.2, -0.15) is 0 Å². The molecule has 8 nitrogen and oxygen atoms in total. The molecule has 0 saturated heterocycles. The first-order valence-corrected chi connectivity index (χ1v) is 12.5. The van der Waals surface area contributed by atoms with Crippen LogP contribution in [0.1, 0.15) is 40.6 Å². The Bertz CT molecular complexity index is 1460. The summed E-state index contributed by atoms with van der Waals surface area (Å²) in [6, 6.07) is 14.8.